The van der Waals surface area contributed by atoms with Gasteiger partial charge in [-0.05, 0) is 30.7 Å². The van der Waals surface area contributed by atoms with E-state index in [1.54, 1.807) is 25.1 Å². The standard InChI is InChI=1S/C18H16N2O6S/c1-10-14(17(22)24-2)16(27-15(10)18(23)25-3)20-13(21)9-26-12-6-4-5-11(7-12)8-19/h4-7H,9H2,1-3H3,(H,20,21). The van der Waals surface area contributed by atoms with Crippen LogP contribution in [-0.4, -0.2) is 38.7 Å². The molecular weight excluding hydrogens is 372 g/mol. The van der Waals surface area contributed by atoms with E-state index in [4.69, 9.17) is 14.7 Å². The third-order valence-electron chi connectivity index (χ3n) is 3.49. The Hall–Kier alpha value is -3.38. The lowest BCUT2D eigenvalue weighted by molar-refractivity contribution is -0.118. The second-order valence-electron chi connectivity index (χ2n) is 5.22. The molecule has 2 rings (SSSR count). The second-order valence-corrected chi connectivity index (χ2v) is 6.24. The minimum absolute atomic E-state index is 0.0859. The third kappa shape index (κ3) is 4.62. The number of nitrogens with one attached hydrogen (secondary N) is 1. The highest BCUT2D eigenvalue weighted by atomic mass is 32.1. The number of nitrogens with zero attached hydrogens (tertiary/aromatic N) is 1. The van der Waals surface area contributed by atoms with Crippen LogP contribution in [0.1, 0.15) is 31.2 Å². The number of benzene rings is 1. The van der Waals surface area contributed by atoms with E-state index in [2.05, 4.69) is 10.1 Å². The number of methoxy groups -OCH3 is 2. The van der Waals surface area contributed by atoms with E-state index in [-0.39, 0.29) is 22.0 Å². The van der Waals surface area contributed by atoms with Gasteiger partial charge in [0, 0.05) is 0 Å². The van der Waals surface area contributed by atoms with Gasteiger partial charge in [-0.25, -0.2) is 9.59 Å². The summed E-state index contributed by atoms with van der Waals surface area (Å²) < 4.78 is 14.8. The summed E-state index contributed by atoms with van der Waals surface area (Å²) in [7, 11) is 2.43. The van der Waals surface area contributed by atoms with Crippen LogP contribution in [0.3, 0.4) is 0 Å². The number of hydrogen-bond donors (Lipinski definition) is 1. The normalized spacial score (nSPS) is 9.85. The molecule has 0 atom stereocenters. The van der Waals surface area contributed by atoms with Gasteiger partial charge in [0.15, 0.2) is 6.61 Å². The molecule has 8 nitrogen and oxygen atoms in total. The molecule has 1 aromatic heterocycles. The highest BCUT2D eigenvalue weighted by Gasteiger charge is 2.26. The minimum atomic E-state index is -0.683. The van der Waals surface area contributed by atoms with E-state index in [1.807, 2.05) is 6.07 Å². The fourth-order valence-electron chi connectivity index (χ4n) is 2.20. The first-order chi connectivity index (χ1) is 12.9. The van der Waals surface area contributed by atoms with Crippen molar-refractivity contribution >= 4 is 34.2 Å². The van der Waals surface area contributed by atoms with Gasteiger partial charge < -0.3 is 19.5 Å². The Bertz CT molecular complexity index is 928. The third-order valence-corrected chi connectivity index (χ3v) is 4.68. The van der Waals surface area contributed by atoms with Crippen LogP contribution in [0, 0.1) is 18.3 Å². The van der Waals surface area contributed by atoms with Crippen molar-refractivity contribution < 1.29 is 28.6 Å². The smallest absolute Gasteiger partial charge is 0.348 e. The van der Waals surface area contributed by atoms with Gasteiger partial charge in [-0.15, -0.1) is 11.3 Å². The highest BCUT2D eigenvalue weighted by Crippen LogP contribution is 2.34. The molecular formula is C18H16N2O6S. The Morgan fingerprint density at radius 1 is 1.19 bits per heavy atom. The Balaban J connectivity index is 2.17. The zero-order chi connectivity index (χ0) is 20.0. The van der Waals surface area contributed by atoms with Gasteiger partial charge in [-0.1, -0.05) is 6.07 Å². The van der Waals surface area contributed by atoms with E-state index in [1.165, 1.54) is 20.3 Å². The monoisotopic (exact) mass is 388 g/mol. The van der Waals surface area contributed by atoms with Crippen molar-refractivity contribution in [2.75, 3.05) is 26.1 Å². The van der Waals surface area contributed by atoms with Crippen LogP contribution in [0.4, 0.5) is 5.00 Å². The summed E-state index contributed by atoms with van der Waals surface area (Å²) in [6.07, 6.45) is 0. The van der Waals surface area contributed by atoms with Crippen LogP contribution in [0.2, 0.25) is 0 Å². The second kappa shape index (κ2) is 8.82. The number of esters is 2. The van der Waals surface area contributed by atoms with Crippen molar-refractivity contribution in [1.29, 1.82) is 5.26 Å². The minimum Gasteiger partial charge on any atom is -0.484 e. The lowest BCUT2D eigenvalue weighted by Crippen LogP contribution is -2.21. The van der Waals surface area contributed by atoms with Gasteiger partial charge in [-0.3, -0.25) is 4.79 Å². The van der Waals surface area contributed by atoms with Crippen molar-refractivity contribution in [2.45, 2.75) is 6.92 Å². The molecule has 0 spiro atoms. The average Bonchev–Trinajstić information content (AvgIpc) is 3.01. The van der Waals surface area contributed by atoms with Gasteiger partial charge in [0.25, 0.3) is 5.91 Å². The summed E-state index contributed by atoms with van der Waals surface area (Å²) in [5.74, 6) is -1.49. The SMILES string of the molecule is COC(=O)c1sc(NC(=O)COc2cccc(C#N)c2)c(C(=O)OC)c1C. The molecule has 140 valence electrons. The molecule has 0 aliphatic rings. The predicted octanol–water partition coefficient (Wildman–Crippen LogP) is 2.52. The Kier molecular flexibility index (Phi) is 6.51. The molecule has 0 saturated heterocycles. The number of ether oxygens (including phenoxy) is 3. The number of thiophene rings is 1. The summed E-state index contributed by atoms with van der Waals surface area (Å²) in [5, 5.41) is 11.6. The summed E-state index contributed by atoms with van der Waals surface area (Å²) in [4.78, 5) is 36.3. The molecule has 2 aromatic rings. The summed E-state index contributed by atoms with van der Waals surface area (Å²) in [5.41, 5.74) is 0.844. The number of hydrogen-bond acceptors (Lipinski definition) is 8. The molecule has 0 unspecified atom stereocenters. The molecule has 1 amide bonds. The molecule has 0 aliphatic carbocycles. The van der Waals surface area contributed by atoms with Gasteiger partial charge in [-0.2, -0.15) is 5.26 Å². The van der Waals surface area contributed by atoms with Crippen LogP contribution in [-0.2, 0) is 14.3 Å². The summed E-state index contributed by atoms with van der Waals surface area (Å²) in [6.45, 7) is 1.22. The molecule has 0 fully saturated rings. The van der Waals surface area contributed by atoms with Gasteiger partial charge in [0.1, 0.15) is 15.6 Å². The van der Waals surface area contributed by atoms with Crippen molar-refractivity contribution in [3.63, 3.8) is 0 Å². The zero-order valence-electron chi connectivity index (χ0n) is 14.8. The van der Waals surface area contributed by atoms with Crippen LogP contribution in [0.25, 0.3) is 0 Å². The Morgan fingerprint density at radius 3 is 2.52 bits per heavy atom. The number of amides is 1. The van der Waals surface area contributed by atoms with E-state index >= 15 is 0 Å². The van der Waals surface area contributed by atoms with Crippen molar-refractivity contribution in [3.05, 3.63) is 45.8 Å². The predicted molar refractivity (Wildman–Crippen MR) is 97.0 cm³/mol. The van der Waals surface area contributed by atoms with E-state index in [0.29, 0.717) is 16.9 Å². The van der Waals surface area contributed by atoms with E-state index < -0.39 is 17.8 Å². The number of carbonyl (C=O) groups excluding carboxylic acids is 3. The molecule has 0 radical (unpaired) electrons. The number of anilines is 1. The lowest BCUT2D eigenvalue weighted by Gasteiger charge is -2.08. The molecule has 9 heteroatoms. The first-order valence-electron chi connectivity index (χ1n) is 7.64. The Labute approximate surface area is 159 Å². The van der Waals surface area contributed by atoms with Crippen LogP contribution in [0.15, 0.2) is 24.3 Å². The largest absolute Gasteiger partial charge is 0.484 e. The molecule has 0 aliphatic heterocycles. The maximum Gasteiger partial charge on any atom is 0.348 e. The molecule has 0 bridgehead atoms. The van der Waals surface area contributed by atoms with Crippen molar-refractivity contribution in [3.8, 4) is 11.8 Å². The van der Waals surface area contributed by atoms with E-state index in [9.17, 15) is 14.4 Å². The number of rotatable bonds is 6. The maximum absolute atomic E-state index is 12.2. The molecule has 1 heterocycles. The average molecular weight is 388 g/mol. The fraction of sp³-hybridized carbons (Fsp3) is 0.222. The summed E-state index contributed by atoms with van der Waals surface area (Å²) in [6, 6.07) is 8.32. The van der Waals surface area contributed by atoms with Gasteiger partial charge in [0.2, 0.25) is 0 Å². The zero-order valence-corrected chi connectivity index (χ0v) is 15.6. The number of carbonyl (C=O) groups is 3. The first-order valence-corrected chi connectivity index (χ1v) is 8.45. The molecule has 27 heavy (non-hydrogen) atoms. The topological polar surface area (TPSA) is 115 Å². The Morgan fingerprint density at radius 2 is 1.89 bits per heavy atom. The first kappa shape index (κ1) is 19.9. The van der Waals surface area contributed by atoms with Gasteiger partial charge in [0.05, 0.1) is 31.4 Å². The van der Waals surface area contributed by atoms with Crippen LogP contribution in [0.5, 0.6) is 5.75 Å². The maximum atomic E-state index is 12.2. The van der Waals surface area contributed by atoms with Crippen molar-refractivity contribution in [1.82, 2.24) is 0 Å². The van der Waals surface area contributed by atoms with Crippen LogP contribution >= 0.6 is 11.3 Å². The molecule has 1 N–H and O–H groups in total. The molecule has 0 saturated carbocycles. The van der Waals surface area contributed by atoms with Crippen LogP contribution < -0.4 is 10.1 Å². The summed E-state index contributed by atoms with van der Waals surface area (Å²) >= 11 is 0.913. The molecule has 1 aromatic carbocycles. The van der Waals surface area contributed by atoms with E-state index in [0.717, 1.165) is 11.3 Å². The van der Waals surface area contributed by atoms with Gasteiger partial charge >= 0.3 is 11.9 Å². The quantitative estimate of drug-likeness (QED) is 0.756. The fourth-order valence-corrected chi connectivity index (χ4v) is 3.33. The highest BCUT2D eigenvalue weighted by molar-refractivity contribution is 7.18. The van der Waals surface area contributed by atoms with Crippen molar-refractivity contribution in [2.24, 2.45) is 0 Å². The number of nitriles is 1. The lowest BCUT2D eigenvalue weighted by atomic mass is 10.1.